The molecule has 3 heterocycles. The summed E-state index contributed by atoms with van der Waals surface area (Å²) in [6.07, 6.45) is 0. The average molecular weight is 617 g/mol. The van der Waals surface area contributed by atoms with Crippen molar-refractivity contribution in [3.63, 3.8) is 0 Å². The molecular weight excluding hydrogens is 593 g/mol. The third-order valence-corrected chi connectivity index (χ3v) is 10.7. The number of nitrogens with zero attached hydrogens (tertiary/aromatic N) is 2. The van der Waals surface area contributed by atoms with Crippen LogP contribution >= 0.6 is 11.3 Å². The fraction of sp³-hybridized carbons (Fsp3) is 0. The lowest BCUT2D eigenvalue weighted by Crippen LogP contribution is -1.93. The number of hydrogen-bond donors (Lipinski definition) is 0. The van der Waals surface area contributed by atoms with Gasteiger partial charge in [0.25, 0.3) is 0 Å². The van der Waals surface area contributed by atoms with Gasteiger partial charge < -0.3 is 8.98 Å². The van der Waals surface area contributed by atoms with Crippen LogP contribution in [0.15, 0.2) is 150 Å². The highest BCUT2D eigenvalue weighted by Crippen LogP contribution is 2.46. The van der Waals surface area contributed by atoms with Crippen molar-refractivity contribution >= 4 is 75.3 Å². The van der Waals surface area contributed by atoms with Crippen LogP contribution in [0.5, 0.6) is 0 Å². The summed E-state index contributed by atoms with van der Waals surface area (Å²) in [6.45, 7) is 0. The summed E-state index contributed by atoms with van der Waals surface area (Å²) in [4.78, 5) is 0. The van der Waals surface area contributed by atoms with Crippen molar-refractivity contribution in [1.82, 2.24) is 4.57 Å². The normalized spacial score (nSPS) is 11.8. The Kier molecular flexibility index (Phi) is 5.51. The Morgan fingerprint density at radius 3 is 2.13 bits per heavy atom. The molecular formula is C43H24N2OS. The molecule has 7 aromatic carbocycles. The number of fused-ring (bicyclic) bond motifs is 9. The minimum Gasteiger partial charge on any atom is -0.456 e. The second-order valence-electron chi connectivity index (χ2n) is 12.0. The van der Waals surface area contributed by atoms with Crippen molar-refractivity contribution in [2.45, 2.75) is 0 Å². The molecule has 0 saturated heterocycles. The van der Waals surface area contributed by atoms with Crippen molar-refractivity contribution in [2.24, 2.45) is 0 Å². The Balaban J connectivity index is 1.28. The Hall–Kier alpha value is -6.15. The van der Waals surface area contributed by atoms with E-state index < -0.39 is 0 Å². The van der Waals surface area contributed by atoms with Crippen LogP contribution in [-0.4, -0.2) is 4.57 Å². The fourth-order valence-electron chi connectivity index (χ4n) is 7.27. The van der Waals surface area contributed by atoms with Gasteiger partial charge in [0, 0.05) is 42.6 Å². The van der Waals surface area contributed by atoms with Gasteiger partial charge in [0.05, 0.1) is 33.1 Å². The van der Waals surface area contributed by atoms with E-state index in [0.29, 0.717) is 5.56 Å². The van der Waals surface area contributed by atoms with E-state index in [-0.39, 0.29) is 0 Å². The third kappa shape index (κ3) is 3.85. The lowest BCUT2D eigenvalue weighted by Gasteiger charge is -2.10. The lowest BCUT2D eigenvalue weighted by atomic mass is 9.95. The zero-order valence-electron chi connectivity index (χ0n) is 25.1. The van der Waals surface area contributed by atoms with Gasteiger partial charge >= 0.3 is 0 Å². The molecule has 0 fully saturated rings. The van der Waals surface area contributed by atoms with Crippen molar-refractivity contribution in [3.8, 4) is 34.0 Å². The van der Waals surface area contributed by atoms with Crippen molar-refractivity contribution in [3.05, 3.63) is 151 Å². The average Bonchev–Trinajstić information content (AvgIpc) is 3.80. The number of furan rings is 1. The second-order valence-corrected chi connectivity index (χ2v) is 13.0. The molecule has 0 aliphatic carbocycles. The maximum absolute atomic E-state index is 9.67. The number of thiophene rings is 1. The molecule has 0 bridgehead atoms. The summed E-state index contributed by atoms with van der Waals surface area (Å²) >= 11 is 1.85. The third-order valence-electron chi connectivity index (χ3n) is 9.41. The van der Waals surface area contributed by atoms with E-state index in [4.69, 9.17) is 4.42 Å². The lowest BCUT2D eigenvalue weighted by molar-refractivity contribution is 0.669. The predicted molar refractivity (Wildman–Crippen MR) is 197 cm³/mol. The minimum atomic E-state index is 0.669. The van der Waals surface area contributed by atoms with Crippen molar-refractivity contribution < 1.29 is 4.42 Å². The molecule has 0 saturated carbocycles. The van der Waals surface area contributed by atoms with E-state index >= 15 is 0 Å². The summed E-state index contributed by atoms with van der Waals surface area (Å²) in [5.41, 5.74) is 10.6. The molecule has 4 heteroatoms. The Bertz CT molecular complexity index is 2920. The zero-order chi connectivity index (χ0) is 31.1. The number of para-hydroxylation sites is 2. The molecule has 0 aliphatic heterocycles. The van der Waals surface area contributed by atoms with Gasteiger partial charge in [0.15, 0.2) is 0 Å². The molecule has 0 spiro atoms. The highest BCUT2D eigenvalue weighted by Gasteiger charge is 2.19. The van der Waals surface area contributed by atoms with Crippen LogP contribution in [0.2, 0.25) is 0 Å². The maximum atomic E-state index is 9.67. The maximum Gasteiger partial charge on any atom is 0.135 e. The van der Waals surface area contributed by atoms with E-state index in [1.807, 2.05) is 35.6 Å². The topological polar surface area (TPSA) is 41.9 Å². The van der Waals surface area contributed by atoms with Crippen LogP contribution in [0.3, 0.4) is 0 Å². The number of hydrogen-bond acceptors (Lipinski definition) is 3. The first-order valence-corrected chi connectivity index (χ1v) is 16.5. The summed E-state index contributed by atoms with van der Waals surface area (Å²) in [6, 6.07) is 53.7. The number of aromatic nitrogens is 1. The van der Waals surface area contributed by atoms with E-state index in [1.54, 1.807) is 0 Å². The number of nitriles is 1. The molecule has 47 heavy (non-hydrogen) atoms. The Morgan fingerprint density at radius 1 is 0.489 bits per heavy atom. The smallest absolute Gasteiger partial charge is 0.135 e. The first kappa shape index (κ1) is 26.1. The molecule has 0 N–H and O–H groups in total. The quantitative estimate of drug-likeness (QED) is 0.198. The minimum absolute atomic E-state index is 0.669. The first-order chi connectivity index (χ1) is 23.2. The van der Waals surface area contributed by atoms with E-state index in [9.17, 15) is 5.26 Å². The van der Waals surface area contributed by atoms with Crippen molar-refractivity contribution in [2.75, 3.05) is 0 Å². The predicted octanol–water partition coefficient (Wildman–Crippen LogP) is 12.3. The SMILES string of the molecule is N#Cc1ccc2c(c1)c1ccccc1n2-c1cccc2c1sc1c(-c3ccccc3)cc(-c3ccc4oc5ccccc5c4c3)cc12. The molecule has 10 rings (SSSR count). The molecule has 0 aliphatic rings. The standard InChI is InChI=1S/C43H24N2OS/c44-25-26-17-19-38-34(21-26)30-11-4-6-14-37(30)45(38)39-15-8-13-32-36-24-29(23-33(42(36)47-43(32)39)27-9-2-1-3-10-27)28-18-20-41-35(22-28)31-12-5-7-16-40(31)46-41/h1-24H. The van der Waals surface area contributed by atoms with Crippen LogP contribution in [0.25, 0.3) is 91.9 Å². The van der Waals surface area contributed by atoms with Crippen LogP contribution in [0.1, 0.15) is 5.56 Å². The second kappa shape index (κ2) is 9.92. The molecule has 0 unspecified atom stereocenters. The molecule has 0 atom stereocenters. The molecule has 10 aromatic rings. The van der Waals surface area contributed by atoms with Gasteiger partial charge in [-0.3, -0.25) is 0 Å². The van der Waals surface area contributed by atoms with Gasteiger partial charge in [-0.05, 0) is 77.4 Å². The highest BCUT2D eigenvalue weighted by molar-refractivity contribution is 7.26. The molecule has 3 nitrogen and oxygen atoms in total. The van der Waals surface area contributed by atoms with Gasteiger partial charge in [0.1, 0.15) is 11.2 Å². The zero-order valence-corrected chi connectivity index (χ0v) is 25.9. The van der Waals surface area contributed by atoms with Gasteiger partial charge in [0.2, 0.25) is 0 Å². The first-order valence-electron chi connectivity index (χ1n) is 15.7. The van der Waals surface area contributed by atoms with Gasteiger partial charge in [-0.2, -0.15) is 5.26 Å². The van der Waals surface area contributed by atoms with E-state index in [2.05, 4.69) is 132 Å². The molecule has 3 aromatic heterocycles. The molecule has 0 amide bonds. The van der Waals surface area contributed by atoms with Crippen LogP contribution in [-0.2, 0) is 0 Å². The summed E-state index contributed by atoms with van der Waals surface area (Å²) < 4.78 is 11.0. The largest absolute Gasteiger partial charge is 0.456 e. The molecule has 0 radical (unpaired) electrons. The molecule has 218 valence electrons. The van der Waals surface area contributed by atoms with E-state index in [0.717, 1.165) is 55.0 Å². The fourth-order valence-corrected chi connectivity index (χ4v) is 8.59. The van der Waals surface area contributed by atoms with Gasteiger partial charge in [-0.1, -0.05) is 84.9 Å². The van der Waals surface area contributed by atoms with E-state index in [1.165, 1.54) is 36.9 Å². The van der Waals surface area contributed by atoms with Crippen LogP contribution in [0.4, 0.5) is 0 Å². The summed E-state index contributed by atoms with van der Waals surface area (Å²) in [5, 5.41) is 16.6. The monoisotopic (exact) mass is 616 g/mol. The Labute approximate surface area is 273 Å². The van der Waals surface area contributed by atoms with Crippen LogP contribution in [0, 0.1) is 11.3 Å². The summed E-state index contributed by atoms with van der Waals surface area (Å²) in [5.74, 6) is 0. The number of rotatable bonds is 3. The van der Waals surface area contributed by atoms with Gasteiger partial charge in [-0.15, -0.1) is 11.3 Å². The Morgan fingerprint density at radius 2 is 1.23 bits per heavy atom. The van der Waals surface area contributed by atoms with Gasteiger partial charge in [-0.25, -0.2) is 0 Å². The van der Waals surface area contributed by atoms with Crippen molar-refractivity contribution in [1.29, 1.82) is 5.26 Å². The summed E-state index contributed by atoms with van der Waals surface area (Å²) in [7, 11) is 0. The van der Waals surface area contributed by atoms with Crippen LogP contribution < -0.4 is 0 Å². The highest BCUT2D eigenvalue weighted by atomic mass is 32.1. The number of benzene rings is 7.